The van der Waals surface area contributed by atoms with Crippen molar-refractivity contribution in [2.45, 2.75) is 13.0 Å². The van der Waals surface area contributed by atoms with Crippen LogP contribution in [-0.4, -0.2) is 30.4 Å². The Labute approximate surface area is 113 Å². The van der Waals surface area contributed by atoms with Crippen molar-refractivity contribution in [3.63, 3.8) is 0 Å². The summed E-state index contributed by atoms with van der Waals surface area (Å²) < 4.78 is 0. The van der Waals surface area contributed by atoms with Crippen LogP contribution < -0.4 is 5.32 Å². The van der Waals surface area contributed by atoms with Crippen LogP contribution in [0.25, 0.3) is 10.8 Å². The molecule has 3 nitrogen and oxygen atoms in total. The van der Waals surface area contributed by atoms with E-state index in [-0.39, 0.29) is 11.9 Å². The molecule has 0 saturated carbocycles. The van der Waals surface area contributed by atoms with Crippen molar-refractivity contribution in [3.05, 3.63) is 48.0 Å². The molecule has 3 heteroatoms. The van der Waals surface area contributed by atoms with Crippen LogP contribution >= 0.6 is 0 Å². The van der Waals surface area contributed by atoms with E-state index in [0.717, 1.165) is 13.1 Å². The number of nitrogens with zero attached hydrogens (tertiary/aromatic N) is 1. The summed E-state index contributed by atoms with van der Waals surface area (Å²) in [6.07, 6.45) is 0. The van der Waals surface area contributed by atoms with Gasteiger partial charge in [-0.3, -0.25) is 9.69 Å². The van der Waals surface area contributed by atoms with Gasteiger partial charge < -0.3 is 5.32 Å². The number of piperazine rings is 1. The van der Waals surface area contributed by atoms with E-state index in [2.05, 4.69) is 59.6 Å². The van der Waals surface area contributed by atoms with Crippen LogP contribution in [0.1, 0.15) is 18.5 Å². The van der Waals surface area contributed by atoms with Crippen molar-refractivity contribution in [3.8, 4) is 0 Å². The monoisotopic (exact) mass is 254 g/mol. The van der Waals surface area contributed by atoms with Gasteiger partial charge in [0.2, 0.25) is 5.91 Å². The van der Waals surface area contributed by atoms with Crippen molar-refractivity contribution >= 4 is 16.7 Å². The molecule has 19 heavy (non-hydrogen) atoms. The fraction of sp³-hybridized carbons (Fsp3) is 0.312. The Kier molecular flexibility index (Phi) is 3.22. The number of hydrogen-bond acceptors (Lipinski definition) is 2. The minimum Gasteiger partial charge on any atom is -0.354 e. The largest absolute Gasteiger partial charge is 0.354 e. The number of benzene rings is 2. The zero-order chi connectivity index (χ0) is 13.2. The van der Waals surface area contributed by atoms with Crippen molar-refractivity contribution < 1.29 is 4.79 Å². The van der Waals surface area contributed by atoms with Gasteiger partial charge in [-0.1, -0.05) is 36.4 Å². The van der Waals surface area contributed by atoms with Crippen LogP contribution in [0.4, 0.5) is 0 Å². The normalized spacial score (nSPS) is 18.3. The lowest BCUT2D eigenvalue weighted by molar-refractivity contribution is -0.124. The molecule has 0 aliphatic carbocycles. The third kappa shape index (κ3) is 2.47. The summed E-state index contributed by atoms with van der Waals surface area (Å²) in [5.74, 6) is 0.124. The van der Waals surface area contributed by atoms with Crippen molar-refractivity contribution in [1.29, 1.82) is 0 Å². The Morgan fingerprint density at radius 2 is 1.95 bits per heavy atom. The minimum absolute atomic E-state index is 0.124. The molecule has 0 bridgehead atoms. The van der Waals surface area contributed by atoms with Gasteiger partial charge in [-0.25, -0.2) is 0 Å². The number of nitrogens with one attached hydrogen (secondary N) is 1. The van der Waals surface area contributed by atoms with E-state index in [1.807, 2.05) is 0 Å². The maximum atomic E-state index is 11.5. The third-order valence-corrected chi connectivity index (χ3v) is 3.87. The second-order valence-corrected chi connectivity index (χ2v) is 5.10. The Morgan fingerprint density at radius 1 is 1.16 bits per heavy atom. The van der Waals surface area contributed by atoms with Crippen LogP contribution in [0.5, 0.6) is 0 Å². The van der Waals surface area contributed by atoms with Gasteiger partial charge in [0, 0.05) is 19.1 Å². The van der Waals surface area contributed by atoms with E-state index < -0.39 is 0 Å². The molecule has 1 aliphatic heterocycles. The molecule has 0 spiro atoms. The highest BCUT2D eigenvalue weighted by atomic mass is 16.2. The first-order valence-electron chi connectivity index (χ1n) is 6.73. The molecule has 1 N–H and O–H groups in total. The molecular formula is C16H18N2O. The van der Waals surface area contributed by atoms with Gasteiger partial charge >= 0.3 is 0 Å². The summed E-state index contributed by atoms with van der Waals surface area (Å²) in [7, 11) is 0. The van der Waals surface area contributed by atoms with E-state index in [0.29, 0.717) is 6.54 Å². The smallest absolute Gasteiger partial charge is 0.234 e. The summed E-state index contributed by atoms with van der Waals surface area (Å²) in [5.41, 5.74) is 1.27. The van der Waals surface area contributed by atoms with Gasteiger partial charge in [0.25, 0.3) is 0 Å². The predicted molar refractivity (Wildman–Crippen MR) is 76.9 cm³/mol. The highest BCUT2D eigenvalue weighted by Crippen LogP contribution is 2.24. The van der Waals surface area contributed by atoms with Gasteiger partial charge in [0.15, 0.2) is 0 Å². The first kappa shape index (κ1) is 12.2. The third-order valence-electron chi connectivity index (χ3n) is 3.87. The molecule has 0 radical (unpaired) electrons. The molecule has 3 rings (SSSR count). The predicted octanol–water partition coefficient (Wildman–Crippen LogP) is 2.33. The number of carbonyl (C=O) groups excluding carboxylic acids is 1. The van der Waals surface area contributed by atoms with Crippen molar-refractivity contribution in [2.75, 3.05) is 19.6 Å². The summed E-state index contributed by atoms with van der Waals surface area (Å²) in [6, 6.07) is 15.2. The quantitative estimate of drug-likeness (QED) is 0.892. The van der Waals surface area contributed by atoms with Gasteiger partial charge in [0.1, 0.15) is 0 Å². The summed E-state index contributed by atoms with van der Waals surface area (Å²) in [5, 5.41) is 5.38. The van der Waals surface area contributed by atoms with E-state index in [9.17, 15) is 4.79 Å². The molecule has 98 valence electrons. The Morgan fingerprint density at radius 3 is 2.74 bits per heavy atom. The average Bonchev–Trinajstić information content (AvgIpc) is 2.46. The molecule has 1 aliphatic rings. The molecule has 1 saturated heterocycles. The first-order chi connectivity index (χ1) is 9.24. The second-order valence-electron chi connectivity index (χ2n) is 5.10. The highest BCUT2D eigenvalue weighted by molar-refractivity contribution is 5.83. The van der Waals surface area contributed by atoms with Crippen LogP contribution in [0.15, 0.2) is 42.5 Å². The highest BCUT2D eigenvalue weighted by Gasteiger charge is 2.22. The van der Waals surface area contributed by atoms with Gasteiger partial charge in [-0.05, 0) is 29.3 Å². The fourth-order valence-electron chi connectivity index (χ4n) is 2.67. The molecule has 0 aromatic heterocycles. The average molecular weight is 254 g/mol. The second kappa shape index (κ2) is 5.02. The van der Waals surface area contributed by atoms with Crippen LogP contribution in [0, 0.1) is 0 Å². The van der Waals surface area contributed by atoms with E-state index in [4.69, 9.17) is 0 Å². The number of hydrogen-bond donors (Lipinski definition) is 1. The molecule has 1 fully saturated rings. The standard InChI is InChI=1S/C16H18N2O/c1-12(18-9-8-17-16(19)11-18)14-7-6-13-4-2-3-5-15(13)10-14/h2-7,10,12H,8-9,11H2,1H3,(H,17,19). The zero-order valence-corrected chi connectivity index (χ0v) is 11.1. The molecular weight excluding hydrogens is 236 g/mol. The number of amides is 1. The first-order valence-corrected chi connectivity index (χ1v) is 6.73. The lowest BCUT2D eigenvalue weighted by Gasteiger charge is -2.32. The molecule has 1 unspecified atom stereocenters. The van der Waals surface area contributed by atoms with Crippen molar-refractivity contribution in [2.24, 2.45) is 0 Å². The number of rotatable bonds is 2. The van der Waals surface area contributed by atoms with Crippen LogP contribution in [0.2, 0.25) is 0 Å². The van der Waals surface area contributed by atoms with Gasteiger partial charge in [0.05, 0.1) is 6.54 Å². The SMILES string of the molecule is CC(c1ccc2ccccc2c1)N1CCNC(=O)C1. The molecule has 2 aromatic carbocycles. The molecule has 1 heterocycles. The summed E-state index contributed by atoms with van der Waals surface area (Å²) in [6.45, 7) is 4.33. The maximum absolute atomic E-state index is 11.5. The molecule has 1 amide bonds. The van der Waals surface area contributed by atoms with Crippen LogP contribution in [0.3, 0.4) is 0 Å². The van der Waals surface area contributed by atoms with E-state index in [1.54, 1.807) is 0 Å². The van der Waals surface area contributed by atoms with Gasteiger partial charge in [-0.15, -0.1) is 0 Å². The molecule has 1 atom stereocenters. The Hall–Kier alpha value is -1.87. The lowest BCUT2D eigenvalue weighted by atomic mass is 10.0. The maximum Gasteiger partial charge on any atom is 0.234 e. The number of fused-ring (bicyclic) bond motifs is 1. The summed E-state index contributed by atoms with van der Waals surface area (Å²) >= 11 is 0. The van der Waals surface area contributed by atoms with Gasteiger partial charge in [-0.2, -0.15) is 0 Å². The van der Waals surface area contributed by atoms with Crippen LogP contribution in [-0.2, 0) is 4.79 Å². The number of carbonyl (C=O) groups is 1. The Bertz CT molecular complexity index is 608. The summed E-state index contributed by atoms with van der Waals surface area (Å²) in [4.78, 5) is 13.7. The topological polar surface area (TPSA) is 32.3 Å². The van der Waals surface area contributed by atoms with Crippen molar-refractivity contribution in [1.82, 2.24) is 10.2 Å². The minimum atomic E-state index is 0.124. The Balaban J connectivity index is 1.88. The fourth-order valence-corrected chi connectivity index (χ4v) is 2.67. The molecule has 2 aromatic rings. The van der Waals surface area contributed by atoms with E-state index >= 15 is 0 Å². The van der Waals surface area contributed by atoms with E-state index in [1.165, 1.54) is 16.3 Å². The zero-order valence-electron chi connectivity index (χ0n) is 11.1. The lowest BCUT2D eigenvalue weighted by Crippen LogP contribution is -2.48.